The van der Waals surface area contributed by atoms with E-state index in [-0.39, 0.29) is 17.4 Å². The Hall–Kier alpha value is -2.46. The van der Waals surface area contributed by atoms with Crippen molar-refractivity contribution in [2.45, 2.75) is 66.5 Å². The Morgan fingerprint density at radius 3 is 2.58 bits per heavy atom. The Bertz CT molecular complexity index is 996. The molecule has 1 fully saturated rings. The normalized spacial score (nSPS) is 17.1. The van der Waals surface area contributed by atoms with Crippen molar-refractivity contribution < 1.29 is 4.79 Å². The molecule has 2 rings (SSSR count). The van der Waals surface area contributed by atoms with E-state index in [4.69, 9.17) is 11.5 Å². The van der Waals surface area contributed by atoms with E-state index in [0.717, 1.165) is 63.5 Å². The molecule has 0 spiro atoms. The third-order valence-corrected chi connectivity index (χ3v) is 7.36. The number of hydrogen-bond acceptors (Lipinski definition) is 8. The highest BCUT2D eigenvalue weighted by Gasteiger charge is 2.31. The van der Waals surface area contributed by atoms with Crippen molar-refractivity contribution in [3.05, 3.63) is 47.3 Å². The number of aromatic nitrogens is 2. The van der Waals surface area contributed by atoms with Crippen molar-refractivity contribution in [1.82, 2.24) is 25.1 Å². The smallest absolute Gasteiger partial charge is 0.273 e. The third kappa shape index (κ3) is 10.8. The van der Waals surface area contributed by atoms with Gasteiger partial charge in [-0.15, -0.1) is 11.6 Å². The topological polar surface area (TPSA) is 117 Å². The van der Waals surface area contributed by atoms with Gasteiger partial charge in [-0.25, -0.2) is 9.97 Å². The van der Waals surface area contributed by atoms with Gasteiger partial charge in [-0.2, -0.15) is 0 Å². The summed E-state index contributed by atoms with van der Waals surface area (Å²) in [5, 5.41) is 2.72. The number of hydrogen-bond donors (Lipinski definition) is 3. The highest BCUT2D eigenvalue weighted by molar-refractivity contribution is 6.15. The Morgan fingerprint density at radius 1 is 1.27 bits per heavy atom. The van der Waals surface area contributed by atoms with Crippen LogP contribution < -0.4 is 21.7 Å². The van der Waals surface area contributed by atoms with Crippen molar-refractivity contribution in [2.75, 3.05) is 69.4 Å². The molecule has 1 saturated heterocycles. The first-order valence-electron chi connectivity index (χ1n) is 14.4. The lowest BCUT2D eigenvalue weighted by Crippen LogP contribution is -2.56. The number of piperazine rings is 1. The van der Waals surface area contributed by atoms with Crippen LogP contribution in [0.4, 0.5) is 11.6 Å². The maximum Gasteiger partial charge on any atom is 0.273 e. The maximum atomic E-state index is 12.4. The molecule has 1 aromatic rings. The molecular weight excluding hydrogens is 524 g/mol. The Kier molecular flexibility index (Phi) is 16.7. The second-order valence-electron chi connectivity index (χ2n) is 10.2. The fourth-order valence-corrected chi connectivity index (χ4v) is 4.83. The summed E-state index contributed by atoms with van der Waals surface area (Å²) in [6, 6.07) is 0.876. The van der Waals surface area contributed by atoms with Crippen LogP contribution in [0.3, 0.4) is 0 Å². The number of carbonyl (C=O) groups excluding carboxylic acids is 1. The summed E-state index contributed by atoms with van der Waals surface area (Å²) in [6.07, 6.45) is 9.99. The molecule has 10 heteroatoms. The number of nitrogens with zero attached hydrogens (tertiary/aromatic N) is 5. The summed E-state index contributed by atoms with van der Waals surface area (Å²) in [5.74, 6) is 0.579. The number of amides is 1. The number of nitrogens with one attached hydrogen (secondary N) is 1. The van der Waals surface area contributed by atoms with Gasteiger partial charge in [0.25, 0.3) is 5.91 Å². The minimum atomic E-state index is -0.339. The van der Waals surface area contributed by atoms with Crippen molar-refractivity contribution >= 4 is 29.1 Å². The number of allylic oxidation sites excluding steroid dienone is 3. The Morgan fingerprint density at radius 2 is 1.98 bits per heavy atom. The van der Waals surface area contributed by atoms with Gasteiger partial charge in [0.15, 0.2) is 17.3 Å². The monoisotopic (exact) mass is 576 g/mol. The van der Waals surface area contributed by atoms with Gasteiger partial charge in [0.1, 0.15) is 0 Å². The van der Waals surface area contributed by atoms with Crippen LogP contribution in [0.2, 0.25) is 0 Å². The van der Waals surface area contributed by atoms with E-state index in [1.54, 1.807) is 0 Å². The number of anilines is 2. The quantitative estimate of drug-likeness (QED) is 0.225. The molecular formula is C30H53ClN8O. The molecule has 5 N–H and O–H groups in total. The average Bonchev–Trinajstić information content (AvgIpc) is 2.97. The molecule has 2 unspecified atom stereocenters. The summed E-state index contributed by atoms with van der Waals surface area (Å²) in [6.45, 7) is 23.4. The SMILES string of the molecule is C=C(/C=C\C(C)=C/C)CN(CC)CCC(C)N1CCN(c2nc(N)c(C(=O)NCCN)nc2C)CC1CC.CCl. The lowest BCUT2D eigenvalue weighted by molar-refractivity contribution is 0.0950. The molecule has 1 aromatic heterocycles. The van der Waals surface area contributed by atoms with Gasteiger partial charge in [0.05, 0.1) is 5.69 Å². The zero-order valence-corrected chi connectivity index (χ0v) is 26.6. The van der Waals surface area contributed by atoms with Crippen molar-refractivity contribution in [2.24, 2.45) is 5.73 Å². The van der Waals surface area contributed by atoms with Gasteiger partial charge in [0.2, 0.25) is 0 Å². The summed E-state index contributed by atoms with van der Waals surface area (Å²) in [5.41, 5.74) is 14.9. The molecule has 226 valence electrons. The standard InChI is InChI=1S/C29H50N8O.CH3Cl/c1-8-21(4)11-12-22(5)19-35(10-3)16-13-23(6)37-18-17-36(20-25(37)9-2)28-24(7)33-26(27(31)34-28)29(38)32-15-14-30;1-2/h8,11-12,23,25H,5,9-10,13-20,30H2,1-4,6-7H3,(H2,31,34)(H,32,38);1H3/b12-11-,21-8-;. The van der Waals surface area contributed by atoms with Crippen LogP contribution in [0.15, 0.2) is 36.0 Å². The molecule has 0 bridgehead atoms. The van der Waals surface area contributed by atoms with Crippen LogP contribution in [0.25, 0.3) is 0 Å². The predicted molar refractivity (Wildman–Crippen MR) is 171 cm³/mol. The molecule has 1 aliphatic heterocycles. The van der Waals surface area contributed by atoms with E-state index in [0.29, 0.717) is 30.9 Å². The number of rotatable bonds is 14. The molecule has 2 atom stereocenters. The van der Waals surface area contributed by atoms with Crippen molar-refractivity contribution in [3.63, 3.8) is 0 Å². The molecule has 0 aliphatic carbocycles. The number of likely N-dealkylation sites (N-methyl/N-ethyl adjacent to an activating group) is 1. The van der Waals surface area contributed by atoms with Crippen LogP contribution >= 0.6 is 11.6 Å². The lowest BCUT2D eigenvalue weighted by atomic mass is 10.0. The summed E-state index contributed by atoms with van der Waals surface area (Å²) >= 11 is 4.64. The molecule has 1 amide bonds. The molecule has 9 nitrogen and oxygen atoms in total. The number of alkyl halides is 1. The average molecular weight is 577 g/mol. The van der Waals surface area contributed by atoms with Gasteiger partial charge in [-0.3, -0.25) is 14.6 Å². The minimum Gasteiger partial charge on any atom is -0.382 e. The van der Waals surface area contributed by atoms with E-state index in [9.17, 15) is 4.79 Å². The van der Waals surface area contributed by atoms with E-state index >= 15 is 0 Å². The summed E-state index contributed by atoms with van der Waals surface area (Å²) in [4.78, 5) is 28.8. The fraction of sp³-hybridized carbons (Fsp3) is 0.633. The van der Waals surface area contributed by atoms with E-state index in [2.05, 4.69) is 101 Å². The molecule has 0 aromatic carbocycles. The number of halogens is 1. The predicted octanol–water partition coefficient (Wildman–Crippen LogP) is 3.99. The van der Waals surface area contributed by atoms with Crippen molar-refractivity contribution in [1.29, 1.82) is 0 Å². The molecule has 1 aliphatic rings. The van der Waals surface area contributed by atoms with E-state index < -0.39 is 0 Å². The second-order valence-corrected chi connectivity index (χ2v) is 10.2. The molecule has 2 heterocycles. The third-order valence-electron chi connectivity index (χ3n) is 7.36. The fourth-order valence-electron chi connectivity index (χ4n) is 4.83. The molecule has 40 heavy (non-hydrogen) atoms. The second kappa shape index (κ2) is 18.8. The molecule has 0 saturated carbocycles. The van der Waals surface area contributed by atoms with Gasteiger partial charge in [0, 0.05) is 57.7 Å². The number of nitrogens with two attached hydrogens (primary N) is 2. The zero-order chi connectivity index (χ0) is 30.2. The Balaban J connectivity index is 0.00000391. The zero-order valence-electron chi connectivity index (χ0n) is 25.8. The number of aryl methyl sites for hydroxylation is 1. The van der Waals surface area contributed by atoms with Crippen molar-refractivity contribution in [3.8, 4) is 0 Å². The van der Waals surface area contributed by atoms with E-state index in [1.807, 2.05) is 6.92 Å². The van der Waals surface area contributed by atoms with Gasteiger partial charge in [-0.1, -0.05) is 44.2 Å². The highest BCUT2D eigenvalue weighted by atomic mass is 35.5. The minimum absolute atomic E-state index is 0.154. The van der Waals surface area contributed by atoms with Crippen LogP contribution in [-0.4, -0.2) is 96.5 Å². The number of nitrogen functional groups attached to an aromatic ring is 1. The van der Waals surface area contributed by atoms with Gasteiger partial charge in [-0.05, 0) is 59.2 Å². The first kappa shape index (κ1) is 35.6. The Labute approximate surface area is 247 Å². The van der Waals surface area contributed by atoms with Crippen LogP contribution in [-0.2, 0) is 0 Å². The van der Waals surface area contributed by atoms with E-state index in [1.165, 1.54) is 12.0 Å². The first-order chi connectivity index (χ1) is 19.1. The lowest BCUT2D eigenvalue weighted by Gasteiger charge is -2.45. The largest absolute Gasteiger partial charge is 0.382 e. The summed E-state index contributed by atoms with van der Waals surface area (Å²) < 4.78 is 0. The van der Waals surface area contributed by atoms with Gasteiger partial charge < -0.3 is 21.7 Å². The highest BCUT2D eigenvalue weighted by Crippen LogP contribution is 2.25. The van der Waals surface area contributed by atoms with Gasteiger partial charge >= 0.3 is 0 Å². The summed E-state index contributed by atoms with van der Waals surface area (Å²) in [7, 11) is 0. The number of carbonyl (C=O) groups is 1. The van der Waals surface area contributed by atoms with Crippen LogP contribution in [0.5, 0.6) is 0 Å². The van der Waals surface area contributed by atoms with Crippen LogP contribution in [0, 0.1) is 6.92 Å². The first-order valence-corrected chi connectivity index (χ1v) is 15.1. The van der Waals surface area contributed by atoms with Crippen LogP contribution in [0.1, 0.15) is 63.6 Å². The maximum absolute atomic E-state index is 12.4. The molecule has 0 radical (unpaired) electrons.